The van der Waals surface area contributed by atoms with Gasteiger partial charge in [-0.2, -0.15) is 5.09 Å². The maximum Gasteiger partial charge on any atom is 0.459 e. The van der Waals surface area contributed by atoms with Gasteiger partial charge in [0.05, 0.1) is 12.8 Å². The second kappa shape index (κ2) is 11.3. The molecule has 206 valence electrons. The Morgan fingerprint density at radius 2 is 2.05 bits per heavy atom. The standard InChI is InChI=1S/C23H32ClFN3O8P/c1-14(2)34-19(29)16(4)27-37(32,36-18-8-6-17(24)7-9-18)33-12-23(25)20(30)22(5,31)21(35-23)28-11-10-15(3)26-13-28/h6-11,14,16,20-21,26,30-31H,3,12-13H2,1-2,4-5H3,(H,27,32)/t16?,20-,21+,22+,23+,37?/m0/s1. The third-order valence-corrected chi connectivity index (χ3v) is 7.43. The van der Waals surface area contributed by atoms with E-state index in [9.17, 15) is 19.6 Å². The van der Waals surface area contributed by atoms with Crippen LogP contribution < -0.4 is 14.9 Å². The average molecular weight is 564 g/mol. The monoisotopic (exact) mass is 563 g/mol. The molecule has 1 saturated heterocycles. The highest BCUT2D eigenvalue weighted by molar-refractivity contribution is 7.52. The van der Waals surface area contributed by atoms with Crippen molar-refractivity contribution in [1.29, 1.82) is 0 Å². The van der Waals surface area contributed by atoms with Crippen LogP contribution in [-0.4, -0.2) is 70.3 Å². The van der Waals surface area contributed by atoms with Crippen molar-refractivity contribution < 1.29 is 42.5 Å². The van der Waals surface area contributed by atoms with Crippen molar-refractivity contribution in [2.45, 2.75) is 63.6 Å². The molecular formula is C23H32ClFN3O8P. The number of rotatable bonds is 10. The molecule has 1 aromatic rings. The van der Waals surface area contributed by atoms with Crippen LogP contribution in [0.3, 0.4) is 0 Å². The third-order valence-electron chi connectivity index (χ3n) is 5.55. The van der Waals surface area contributed by atoms with Crippen molar-refractivity contribution in [3.8, 4) is 5.75 Å². The van der Waals surface area contributed by atoms with E-state index in [0.29, 0.717) is 10.7 Å². The molecular weight excluding hydrogens is 532 g/mol. The summed E-state index contributed by atoms with van der Waals surface area (Å²) in [6.45, 7) is 8.58. The molecule has 1 fully saturated rings. The molecule has 2 aliphatic heterocycles. The lowest BCUT2D eigenvalue weighted by Gasteiger charge is -2.36. The minimum atomic E-state index is -4.49. The fourth-order valence-electron chi connectivity index (χ4n) is 3.63. The minimum Gasteiger partial charge on any atom is -0.462 e. The van der Waals surface area contributed by atoms with Crippen LogP contribution in [0.2, 0.25) is 5.02 Å². The van der Waals surface area contributed by atoms with Crippen molar-refractivity contribution in [3.63, 3.8) is 0 Å². The summed E-state index contributed by atoms with van der Waals surface area (Å²) in [6.07, 6.45) is -0.775. The second-order valence-electron chi connectivity index (χ2n) is 9.23. The molecule has 4 N–H and O–H groups in total. The van der Waals surface area contributed by atoms with Crippen LogP contribution in [0, 0.1) is 0 Å². The van der Waals surface area contributed by atoms with Gasteiger partial charge in [-0.1, -0.05) is 18.2 Å². The smallest absolute Gasteiger partial charge is 0.459 e. The third kappa shape index (κ3) is 7.02. The van der Waals surface area contributed by atoms with Gasteiger partial charge in [0.1, 0.15) is 30.1 Å². The van der Waals surface area contributed by atoms with Gasteiger partial charge < -0.3 is 34.4 Å². The van der Waals surface area contributed by atoms with Crippen LogP contribution in [0.25, 0.3) is 0 Å². The highest BCUT2D eigenvalue weighted by Crippen LogP contribution is 2.49. The molecule has 2 heterocycles. The van der Waals surface area contributed by atoms with Crippen LogP contribution in [0.5, 0.6) is 5.75 Å². The molecule has 3 rings (SSSR count). The number of hydrogen-bond donors (Lipinski definition) is 4. The lowest BCUT2D eigenvalue weighted by atomic mass is 9.95. The maximum absolute atomic E-state index is 15.9. The zero-order chi connectivity index (χ0) is 27.6. The van der Waals surface area contributed by atoms with Crippen molar-refractivity contribution >= 4 is 25.3 Å². The Bertz CT molecular complexity index is 1070. The summed E-state index contributed by atoms with van der Waals surface area (Å²) >= 11 is 5.88. The molecule has 0 radical (unpaired) electrons. The largest absolute Gasteiger partial charge is 0.462 e. The van der Waals surface area contributed by atoms with Crippen molar-refractivity contribution in [1.82, 2.24) is 15.3 Å². The number of carbonyl (C=O) groups is 1. The molecule has 0 saturated carbocycles. The van der Waals surface area contributed by atoms with Crippen LogP contribution >= 0.6 is 19.3 Å². The number of ether oxygens (including phenoxy) is 2. The van der Waals surface area contributed by atoms with Gasteiger partial charge in [-0.25, -0.2) is 8.96 Å². The first-order valence-corrected chi connectivity index (χ1v) is 13.4. The molecule has 14 heteroatoms. The Morgan fingerprint density at radius 3 is 2.62 bits per heavy atom. The Morgan fingerprint density at radius 1 is 1.41 bits per heavy atom. The summed E-state index contributed by atoms with van der Waals surface area (Å²) in [4.78, 5) is 13.7. The quantitative estimate of drug-likeness (QED) is 0.247. The van der Waals surface area contributed by atoms with E-state index in [1.54, 1.807) is 19.9 Å². The molecule has 0 aliphatic carbocycles. The van der Waals surface area contributed by atoms with Crippen LogP contribution in [-0.2, 0) is 23.4 Å². The predicted molar refractivity (Wildman–Crippen MR) is 133 cm³/mol. The Labute approximate surface area is 219 Å². The lowest BCUT2D eigenvalue weighted by molar-refractivity contribution is -0.209. The second-order valence-corrected chi connectivity index (χ2v) is 11.4. The van der Waals surface area contributed by atoms with Crippen LogP contribution in [0.4, 0.5) is 4.39 Å². The summed E-state index contributed by atoms with van der Waals surface area (Å²) < 4.78 is 50.9. The highest BCUT2D eigenvalue weighted by atomic mass is 35.5. The fraction of sp³-hybridized carbons (Fsp3) is 0.522. The number of esters is 1. The number of hydrogen-bond acceptors (Lipinski definition) is 10. The van der Waals surface area contributed by atoms with Gasteiger partial charge in [-0.15, -0.1) is 0 Å². The lowest BCUT2D eigenvalue weighted by Crippen LogP contribution is -2.54. The van der Waals surface area contributed by atoms with E-state index in [-0.39, 0.29) is 12.4 Å². The number of aliphatic hydroxyl groups is 2. The zero-order valence-corrected chi connectivity index (χ0v) is 22.5. The van der Waals surface area contributed by atoms with Gasteiger partial charge in [0.2, 0.25) is 0 Å². The molecule has 0 bridgehead atoms. The zero-order valence-electron chi connectivity index (χ0n) is 20.9. The Balaban J connectivity index is 1.81. The van der Waals surface area contributed by atoms with Crippen molar-refractivity contribution in [2.24, 2.45) is 0 Å². The normalized spacial score (nSPS) is 30.1. The summed E-state index contributed by atoms with van der Waals surface area (Å²) in [5, 5.41) is 27.2. The van der Waals surface area contributed by atoms with E-state index in [2.05, 4.69) is 17.0 Å². The van der Waals surface area contributed by atoms with Crippen LogP contribution in [0.1, 0.15) is 27.7 Å². The molecule has 2 aliphatic rings. The average Bonchev–Trinajstić information content (AvgIpc) is 3.00. The summed E-state index contributed by atoms with van der Waals surface area (Å²) in [6, 6.07) is 4.55. The SMILES string of the molecule is C=C1C=CN([C@@H]2O[C@](F)(COP(=O)(NC(C)C(=O)OC(C)C)Oc3ccc(Cl)cc3)[C@@H](O)[C@@]2(C)O)CN1. The highest BCUT2D eigenvalue weighted by Gasteiger charge is 2.64. The fourth-order valence-corrected chi connectivity index (χ4v) is 5.26. The number of alkyl halides is 1. The number of halogens is 2. The Kier molecular flexibility index (Phi) is 8.96. The van der Waals surface area contributed by atoms with Gasteiger partial charge >= 0.3 is 13.7 Å². The van der Waals surface area contributed by atoms with Crippen LogP contribution in [0.15, 0.2) is 48.8 Å². The number of allylic oxidation sites excluding steroid dienone is 1. The van der Waals surface area contributed by atoms with Gasteiger partial charge in [-0.05, 0) is 58.0 Å². The van der Waals surface area contributed by atoms with Gasteiger partial charge in [0.25, 0.3) is 5.85 Å². The molecule has 0 aromatic heterocycles. The molecule has 37 heavy (non-hydrogen) atoms. The molecule has 0 amide bonds. The molecule has 0 spiro atoms. The topological polar surface area (TPSA) is 139 Å². The number of carbonyl (C=O) groups excluding carboxylic acids is 1. The number of nitrogens with zero attached hydrogens (tertiary/aromatic N) is 1. The van der Waals surface area contributed by atoms with Gasteiger partial charge in [0.15, 0.2) is 6.23 Å². The number of nitrogens with one attached hydrogen (secondary N) is 2. The van der Waals surface area contributed by atoms with E-state index < -0.39 is 56.3 Å². The van der Waals surface area contributed by atoms with Gasteiger partial charge in [0, 0.05) is 16.9 Å². The first kappa shape index (κ1) is 29.4. The van der Waals surface area contributed by atoms with E-state index in [4.69, 9.17) is 30.1 Å². The van der Waals surface area contributed by atoms with Crippen molar-refractivity contribution in [3.05, 3.63) is 53.8 Å². The number of benzene rings is 1. The first-order valence-electron chi connectivity index (χ1n) is 11.5. The summed E-state index contributed by atoms with van der Waals surface area (Å²) in [5.74, 6) is -3.71. The summed E-state index contributed by atoms with van der Waals surface area (Å²) in [5.41, 5.74) is -1.49. The minimum absolute atomic E-state index is 0.0417. The van der Waals surface area contributed by atoms with E-state index in [1.807, 2.05) is 0 Å². The van der Waals surface area contributed by atoms with Gasteiger partial charge in [-0.3, -0.25) is 9.32 Å². The van der Waals surface area contributed by atoms with Crippen molar-refractivity contribution in [2.75, 3.05) is 13.3 Å². The number of aliphatic hydroxyl groups excluding tert-OH is 1. The molecule has 11 nitrogen and oxygen atoms in total. The van der Waals surface area contributed by atoms with E-state index in [0.717, 1.165) is 0 Å². The molecule has 6 atom stereocenters. The Hall–Kier alpha value is -2.18. The van der Waals surface area contributed by atoms with E-state index in [1.165, 1.54) is 49.2 Å². The maximum atomic E-state index is 15.9. The molecule has 1 aromatic carbocycles. The summed E-state index contributed by atoms with van der Waals surface area (Å²) in [7, 11) is -4.49. The predicted octanol–water partition coefficient (Wildman–Crippen LogP) is 2.80. The van der Waals surface area contributed by atoms with E-state index >= 15 is 4.39 Å². The first-order chi connectivity index (χ1) is 17.1. The molecule has 2 unspecified atom stereocenters.